The lowest BCUT2D eigenvalue weighted by Gasteiger charge is -2.11. The standard InChI is InChI=1S/C14H16N2O2S3/c1-11(12-7-4-3-5-8-12)15-14(19-2)16-21(17,18)13-9-6-10-20-13/h3-11H,1-2H3,(H,15,16)/t11-/m0/s1. The van der Waals surface area contributed by atoms with Crippen LogP contribution in [0.2, 0.25) is 0 Å². The highest BCUT2D eigenvalue weighted by Crippen LogP contribution is 2.19. The van der Waals surface area contributed by atoms with Crippen molar-refractivity contribution in [1.82, 2.24) is 4.72 Å². The molecule has 0 saturated carbocycles. The smallest absolute Gasteiger partial charge is 0.257 e. The topological polar surface area (TPSA) is 58.5 Å². The summed E-state index contributed by atoms with van der Waals surface area (Å²) in [5.41, 5.74) is 1.04. The summed E-state index contributed by atoms with van der Waals surface area (Å²) >= 11 is 2.46. The molecule has 7 heteroatoms. The van der Waals surface area contributed by atoms with Crippen LogP contribution in [0.15, 0.2) is 57.0 Å². The van der Waals surface area contributed by atoms with Gasteiger partial charge in [0.25, 0.3) is 10.0 Å². The number of nitrogens with one attached hydrogen (secondary N) is 1. The minimum Gasteiger partial charge on any atom is -0.257 e. The maximum atomic E-state index is 12.2. The van der Waals surface area contributed by atoms with E-state index in [1.165, 1.54) is 23.1 Å². The second-order valence-electron chi connectivity index (χ2n) is 4.26. The largest absolute Gasteiger partial charge is 0.272 e. The average molecular weight is 340 g/mol. The van der Waals surface area contributed by atoms with Crippen molar-refractivity contribution in [3.05, 3.63) is 53.4 Å². The molecule has 1 N–H and O–H groups in total. The molecular formula is C14H16N2O2S3. The number of hydrogen-bond acceptors (Lipinski definition) is 5. The second kappa shape index (κ2) is 7.11. The maximum absolute atomic E-state index is 12.2. The van der Waals surface area contributed by atoms with Gasteiger partial charge in [0.15, 0.2) is 5.17 Å². The number of thioether (sulfide) groups is 1. The molecule has 0 spiro atoms. The van der Waals surface area contributed by atoms with Crippen LogP contribution in [-0.2, 0) is 10.0 Å². The Morgan fingerprint density at radius 2 is 1.95 bits per heavy atom. The summed E-state index contributed by atoms with van der Waals surface area (Å²) in [5, 5.41) is 2.12. The fraction of sp³-hybridized carbons (Fsp3) is 0.214. The molecule has 0 amide bonds. The summed E-state index contributed by atoms with van der Waals surface area (Å²) in [4.78, 5) is 4.45. The molecule has 4 nitrogen and oxygen atoms in total. The highest BCUT2D eigenvalue weighted by atomic mass is 32.2. The summed E-state index contributed by atoms with van der Waals surface area (Å²) in [6, 6.07) is 12.9. The van der Waals surface area contributed by atoms with Crippen LogP contribution >= 0.6 is 23.1 Å². The van der Waals surface area contributed by atoms with Crippen molar-refractivity contribution in [2.24, 2.45) is 4.99 Å². The molecule has 0 aliphatic carbocycles. The van der Waals surface area contributed by atoms with E-state index in [1.807, 2.05) is 37.3 Å². The Kier molecular flexibility index (Phi) is 5.44. The Morgan fingerprint density at radius 3 is 2.52 bits per heavy atom. The molecule has 0 aliphatic heterocycles. The summed E-state index contributed by atoms with van der Waals surface area (Å²) in [7, 11) is -3.54. The van der Waals surface area contributed by atoms with E-state index in [4.69, 9.17) is 0 Å². The molecule has 112 valence electrons. The number of hydrogen-bond donors (Lipinski definition) is 1. The Hall–Kier alpha value is -1.31. The minimum absolute atomic E-state index is 0.111. The Bertz CT molecular complexity index is 695. The Balaban J connectivity index is 2.18. The third-order valence-corrected chi connectivity index (χ3v) is 6.23. The van der Waals surface area contributed by atoms with Crippen molar-refractivity contribution >= 4 is 38.3 Å². The number of nitrogens with zero attached hydrogens (tertiary/aromatic N) is 1. The zero-order chi connectivity index (χ0) is 15.3. The molecule has 21 heavy (non-hydrogen) atoms. The van der Waals surface area contributed by atoms with Gasteiger partial charge in [-0.25, -0.2) is 8.42 Å². The number of thiophene rings is 1. The van der Waals surface area contributed by atoms with Crippen LogP contribution in [0.1, 0.15) is 18.5 Å². The quantitative estimate of drug-likeness (QED) is 0.684. The molecule has 0 unspecified atom stereocenters. The fourth-order valence-corrected chi connectivity index (χ4v) is 4.50. The monoisotopic (exact) mass is 340 g/mol. The van der Waals surface area contributed by atoms with E-state index in [9.17, 15) is 8.42 Å². The third kappa shape index (κ3) is 4.33. The summed E-state index contributed by atoms with van der Waals surface area (Å²) in [5.74, 6) is 0. The van der Waals surface area contributed by atoms with E-state index in [0.717, 1.165) is 5.56 Å². The van der Waals surface area contributed by atoms with Crippen LogP contribution in [0.4, 0.5) is 0 Å². The van der Waals surface area contributed by atoms with E-state index >= 15 is 0 Å². The van der Waals surface area contributed by atoms with Crippen LogP contribution in [0.5, 0.6) is 0 Å². The zero-order valence-corrected chi connectivity index (χ0v) is 14.1. The van der Waals surface area contributed by atoms with Crippen LogP contribution in [0.25, 0.3) is 0 Å². The minimum atomic E-state index is -3.54. The zero-order valence-electron chi connectivity index (χ0n) is 11.7. The van der Waals surface area contributed by atoms with Gasteiger partial charge in [0, 0.05) is 0 Å². The van der Waals surface area contributed by atoms with Crippen molar-refractivity contribution in [3.8, 4) is 0 Å². The molecule has 0 aliphatic rings. The predicted octanol–water partition coefficient (Wildman–Crippen LogP) is 3.51. The van der Waals surface area contributed by atoms with Crippen molar-refractivity contribution in [1.29, 1.82) is 0 Å². The van der Waals surface area contributed by atoms with Gasteiger partial charge in [-0.1, -0.05) is 48.2 Å². The second-order valence-corrected chi connectivity index (χ2v) is 7.91. The molecule has 2 rings (SSSR count). The third-order valence-electron chi connectivity index (χ3n) is 2.77. The molecule has 2 aromatic rings. The maximum Gasteiger partial charge on any atom is 0.272 e. The number of aliphatic imine (C=N–C) groups is 1. The van der Waals surface area contributed by atoms with Gasteiger partial charge in [0.1, 0.15) is 4.21 Å². The number of amidine groups is 1. The van der Waals surface area contributed by atoms with Crippen LogP contribution in [0.3, 0.4) is 0 Å². The van der Waals surface area contributed by atoms with E-state index in [-0.39, 0.29) is 10.3 Å². The predicted molar refractivity (Wildman–Crippen MR) is 90.4 cm³/mol. The van der Waals surface area contributed by atoms with E-state index in [0.29, 0.717) is 5.17 Å². The SMILES string of the molecule is CSC(=N[C@@H](C)c1ccccc1)NS(=O)(=O)c1cccs1. The van der Waals surface area contributed by atoms with Gasteiger partial charge in [0.2, 0.25) is 0 Å². The van der Waals surface area contributed by atoms with Gasteiger partial charge in [-0.15, -0.1) is 11.3 Å². The molecular weight excluding hydrogens is 324 g/mol. The fourth-order valence-electron chi connectivity index (χ4n) is 1.68. The van der Waals surface area contributed by atoms with Gasteiger partial charge in [0.05, 0.1) is 6.04 Å². The number of benzene rings is 1. The molecule has 1 aromatic heterocycles. The highest BCUT2D eigenvalue weighted by molar-refractivity contribution is 8.14. The van der Waals surface area contributed by atoms with Crippen LogP contribution in [-0.4, -0.2) is 19.8 Å². The molecule has 0 fully saturated rings. The first-order valence-electron chi connectivity index (χ1n) is 6.26. The van der Waals surface area contributed by atoms with Crippen molar-refractivity contribution in [2.75, 3.05) is 6.26 Å². The molecule has 1 heterocycles. The normalized spacial score (nSPS) is 13.9. The van der Waals surface area contributed by atoms with Crippen molar-refractivity contribution in [3.63, 3.8) is 0 Å². The first-order valence-corrected chi connectivity index (χ1v) is 9.85. The van der Waals surface area contributed by atoms with Crippen LogP contribution < -0.4 is 4.72 Å². The van der Waals surface area contributed by atoms with E-state index in [1.54, 1.807) is 23.8 Å². The van der Waals surface area contributed by atoms with Gasteiger partial charge in [-0.2, -0.15) is 0 Å². The van der Waals surface area contributed by atoms with Gasteiger partial charge in [-0.05, 0) is 30.2 Å². The van der Waals surface area contributed by atoms with Gasteiger partial charge < -0.3 is 0 Å². The van der Waals surface area contributed by atoms with E-state index < -0.39 is 10.0 Å². The van der Waals surface area contributed by atoms with Gasteiger partial charge in [-0.3, -0.25) is 9.71 Å². The first-order chi connectivity index (χ1) is 10.0. The lowest BCUT2D eigenvalue weighted by atomic mass is 10.1. The van der Waals surface area contributed by atoms with E-state index in [2.05, 4.69) is 9.71 Å². The highest BCUT2D eigenvalue weighted by Gasteiger charge is 2.17. The molecule has 0 saturated heterocycles. The van der Waals surface area contributed by atoms with Crippen molar-refractivity contribution < 1.29 is 8.42 Å². The molecule has 0 bridgehead atoms. The van der Waals surface area contributed by atoms with Gasteiger partial charge >= 0.3 is 0 Å². The first kappa shape index (κ1) is 16.1. The number of rotatable bonds is 4. The number of sulfonamides is 1. The average Bonchev–Trinajstić information content (AvgIpc) is 3.02. The Labute approximate surface area is 133 Å². The lowest BCUT2D eigenvalue weighted by molar-refractivity contribution is 0.594. The van der Waals surface area contributed by atoms with Crippen LogP contribution in [0, 0.1) is 0 Å². The molecule has 1 atom stereocenters. The Morgan fingerprint density at radius 1 is 1.24 bits per heavy atom. The summed E-state index contributed by atoms with van der Waals surface area (Å²) < 4.78 is 27.2. The van der Waals surface area contributed by atoms with Crippen molar-refractivity contribution in [2.45, 2.75) is 17.2 Å². The summed E-state index contributed by atoms with van der Waals surface area (Å²) in [6.07, 6.45) is 1.80. The lowest BCUT2D eigenvalue weighted by Crippen LogP contribution is -2.28. The molecule has 1 aromatic carbocycles. The summed E-state index contributed by atoms with van der Waals surface area (Å²) in [6.45, 7) is 1.94. The molecule has 0 radical (unpaired) electrons.